The molecule has 1 rings (SSSR count). The molecule has 0 aliphatic carbocycles. The van der Waals surface area contributed by atoms with Crippen molar-refractivity contribution in [2.24, 2.45) is 0 Å². The number of rotatable bonds is 4. The van der Waals surface area contributed by atoms with Crippen LogP contribution in [0.3, 0.4) is 0 Å². The fourth-order valence-corrected chi connectivity index (χ4v) is 1.91. The maximum absolute atomic E-state index is 11.2. The molecule has 1 aromatic heterocycles. The summed E-state index contributed by atoms with van der Waals surface area (Å²) in [6.07, 6.45) is 1.42. The third-order valence-corrected chi connectivity index (χ3v) is 2.69. The molecule has 0 amide bonds. The van der Waals surface area contributed by atoms with Gasteiger partial charge in [-0.3, -0.25) is 4.72 Å². The lowest BCUT2D eigenvalue weighted by molar-refractivity contribution is 0.589. The first-order chi connectivity index (χ1) is 6.53. The summed E-state index contributed by atoms with van der Waals surface area (Å²) in [4.78, 5) is 3.73. The standard InChI is InChI=1S/C7H10ClN3O2S/c1-2-10-14(12,13)11-6-3-4-9-7(8)5-6/h3-5,10H,2H2,1H3,(H,9,11). The number of aromatic nitrogens is 1. The summed E-state index contributed by atoms with van der Waals surface area (Å²) in [5, 5.41) is 0.238. The third-order valence-electron chi connectivity index (χ3n) is 1.31. The summed E-state index contributed by atoms with van der Waals surface area (Å²) in [5.74, 6) is 0. The van der Waals surface area contributed by atoms with E-state index in [0.29, 0.717) is 12.2 Å². The van der Waals surface area contributed by atoms with Gasteiger partial charge in [0.2, 0.25) is 0 Å². The summed E-state index contributed by atoms with van der Waals surface area (Å²) in [7, 11) is -3.49. The molecule has 0 aliphatic heterocycles. The summed E-state index contributed by atoms with van der Waals surface area (Å²) < 4.78 is 27.0. The molecule has 1 heterocycles. The first-order valence-corrected chi connectivity index (χ1v) is 5.78. The lowest BCUT2D eigenvalue weighted by Gasteiger charge is -2.07. The maximum Gasteiger partial charge on any atom is 0.299 e. The van der Waals surface area contributed by atoms with Gasteiger partial charge in [-0.1, -0.05) is 18.5 Å². The van der Waals surface area contributed by atoms with Crippen molar-refractivity contribution in [1.82, 2.24) is 9.71 Å². The first-order valence-electron chi connectivity index (χ1n) is 3.92. The highest BCUT2D eigenvalue weighted by atomic mass is 35.5. The van der Waals surface area contributed by atoms with E-state index in [0.717, 1.165) is 0 Å². The van der Waals surface area contributed by atoms with Gasteiger partial charge in [0, 0.05) is 12.7 Å². The number of nitrogens with zero attached hydrogens (tertiary/aromatic N) is 1. The number of pyridine rings is 1. The van der Waals surface area contributed by atoms with E-state index in [9.17, 15) is 8.42 Å². The molecular formula is C7H10ClN3O2S. The molecule has 7 heteroatoms. The monoisotopic (exact) mass is 235 g/mol. The Morgan fingerprint density at radius 2 is 2.29 bits per heavy atom. The molecule has 5 nitrogen and oxygen atoms in total. The van der Waals surface area contributed by atoms with Gasteiger partial charge in [0.25, 0.3) is 10.2 Å². The highest BCUT2D eigenvalue weighted by Gasteiger charge is 2.07. The predicted octanol–water partition coefficient (Wildman–Crippen LogP) is 1.00. The Morgan fingerprint density at radius 1 is 1.57 bits per heavy atom. The second kappa shape index (κ2) is 4.59. The zero-order valence-electron chi connectivity index (χ0n) is 7.49. The SMILES string of the molecule is CCNS(=O)(=O)Nc1ccnc(Cl)c1. The quantitative estimate of drug-likeness (QED) is 0.765. The summed E-state index contributed by atoms with van der Waals surface area (Å²) in [5.41, 5.74) is 0.381. The largest absolute Gasteiger partial charge is 0.299 e. The van der Waals surface area contributed by atoms with Crippen LogP contribution in [0.5, 0.6) is 0 Å². The van der Waals surface area contributed by atoms with Gasteiger partial charge < -0.3 is 0 Å². The van der Waals surface area contributed by atoms with E-state index < -0.39 is 10.2 Å². The van der Waals surface area contributed by atoms with Gasteiger partial charge in [-0.15, -0.1) is 0 Å². The van der Waals surface area contributed by atoms with E-state index in [1.807, 2.05) is 0 Å². The molecule has 0 atom stereocenters. The van der Waals surface area contributed by atoms with E-state index in [1.54, 1.807) is 6.92 Å². The molecule has 78 valence electrons. The Bertz CT molecular complexity index is 407. The van der Waals surface area contributed by atoms with Crippen LogP contribution in [-0.4, -0.2) is 19.9 Å². The van der Waals surface area contributed by atoms with Crippen LogP contribution < -0.4 is 9.44 Å². The van der Waals surface area contributed by atoms with Gasteiger partial charge in [-0.05, 0) is 12.1 Å². The average Bonchev–Trinajstić information content (AvgIpc) is 2.02. The van der Waals surface area contributed by atoms with Gasteiger partial charge in [-0.2, -0.15) is 13.1 Å². The van der Waals surface area contributed by atoms with Crippen molar-refractivity contribution >= 4 is 27.5 Å². The Morgan fingerprint density at radius 3 is 2.86 bits per heavy atom. The minimum atomic E-state index is -3.49. The second-order valence-electron chi connectivity index (χ2n) is 2.47. The molecule has 14 heavy (non-hydrogen) atoms. The van der Waals surface area contributed by atoms with E-state index in [-0.39, 0.29) is 5.15 Å². The van der Waals surface area contributed by atoms with Gasteiger partial charge in [0.05, 0.1) is 5.69 Å². The lowest BCUT2D eigenvalue weighted by Crippen LogP contribution is -2.29. The molecule has 0 saturated heterocycles. The van der Waals surface area contributed by atoms with Crippen molar-refractivity contribution < 1.29 is 8.42 Å². The van der Waals surface area contributed by atoms with Crippen LogP contribution >= 0.6 is 11.6 Å². The van der Waals surface area contributed by atoms with Crippen molar-refractivity contribution in [3.8, 4) is 0 Å². The molecule has 0 aliphatic rings. The van der Waals surface area contributed by atoms with Crippen LogP contribution in [0.4, 0.5) is 5.69 Å². The topological polar surface area (TPSA) is 71.1 Å². The van der Waals surface area contributed by atoms with Crippen LogP contribution in [-0.2, 0) is 10.2 Å². The van der Waals surface area contributed by atoms with Crippen LogP contribution in [0, 0.1) is 0 Å². The smallest absolute Gasteiger partial charge is 0.271 e. The number of hydrogen-bond acceptors (Lipinski definition) is 3. The zero-order chi connectivity index (χ0) is 10.6. The molecule has 2 N–H and O–H groups in total. The van der Waals surface area contributed by atoms with E-state index >= 15 is 0 Å². The number of anilines is 1. The van der Waals surface area contributed by atoms with Crippen LogP contribution in [0.25, 0.3) is 0 Å². The second-order valence-corrected chi connectivity index (χ2v) is 4.36. The Hall–Kier alpha value is -0.850. The van der Waals surface area contributed by atoms with Gasteiger partial charge in [0.15, 0.2) is 0 Å². The van der Waals surface area contributed by atoms with E-state index in [2.05, 4.69) is 14.4 Å². The highest BCUT2D eigenvalue weighted by Crippen LogP contribution is 2.12. The minimum absolute atomic E-state index is 0.238. The van der Waals surface area contributed by atoms with Crippen LogP contribution in [0.2, 0.25) is 5.15 Å². The fraction of sp³-hybridized carbons (Fsp3) is 0.286. The van der Waals surface area contributed by atoms with Crippen LogP contribution in [0.1, 0.15) is 6.92 Å². The number of hydrogen-bond donors (Lipinski definition) is 2. The van der Waals surface area contributed by atoms with Crippen molar-refractivity contribution in [1.29, 1.82) is 0 Å². The van der Waals surface area contributed by atoms with Gasteiger partial charge >= 0.3 is 0 Å². The van der Waals surface area contributed by atoms with E-state index in [1.165, 1.54) is 18.3 Å². The summed E-state index contributed by atoms with van der Waals surface area (Å²) >= 11 is 5.58. The Balaban J connectivity index is 2.79. The summed E-state index contributed by atoms with van der Waals surface area (Å²) in [6, 6.07) is 2.94. The molecule has 0 unspecified atom stereocenters. The van der Waals surface area contributed by atoms with Crippen molar-refractivity contribution in [3.63, 3.8) is 0 Å². The normalized spacial score (nSPS) is 11.3. The zero-order valence-corrected chi connectivity index (χ0v) is 9.06. The minimum Gasteiger partial charge on any atom is -0.271 e. The average molecular weight is 236 g/mol. The summed E-state index contributed by atoms with van der Waals surface area (Å²) in [6.45, 7) is 2.02. The lowest BCUT2D eigenvalue weighted by atomic mass is 10.4. The number of nitrogens with one attached hydrogen (secondary N) is 2. The molecule has 1 aromatic rings. The molecule has 0 radical (unpaired) electrons. The molecule has 0 aromatic carbocycles. The Labute approximate surface area is 87.7 Å². The predicted molar refractivity (Wildman–Crippen MR) is 55.5 cm³/mol. The fourth-order valence-electron chi connectivity index (χ4n) is 0.847. The first kappa shape index (κ1) is 11.2. The molecule has 0 bridgehead atoms. The van der Waals surface area contributed by atoms with Crippen molar-refractivity contribution in [3.05, 3.63) is 23.5 Å². The van der Waals surface area contributed by atoms with Gasteiger partial charge in [-0.25, -0.2) is 4.98 Å². The molecular weight excluding hydrogens is 226 g/mol. The third kappa shape index (κ3) is 3.49. The molecule has 0 saturated carbocycles. The molecule has 0 fully saturated rings. The Kier molecular flexibility index (Phi) is 3.68. The highest BCUT2D eigenvalue weighted by molar-refractivity contribution is 7.90. The molecule has 0 spiro atoms. The van der Waals surface area contributed by atoms with Gasteiger partial charge in [0.1, 0.15) is 5.15 Å². The van der Waals surface area contributed by atoms with Crippen molar-refractivity contribution in [2.45, 2.75) is 6.92 Å². The van der Waals surface area contributed by atoms with Crippen LogP contribution in [0.15, 0.2) is 18.3 Å². The number of halogens is 1. The maximum atomic E-state index is 11.2. The van der Waals surface area contributed by atoms with E-state index in [4.69, 9.17) is 11.6 Å². The van der Waals surface area contributed by atoms with Crippen molar-refractivity contribution in [2.75, 3.05) is 11.3 Å².